The molecule has 0 saturated heterocycles. The van der Waals surface area contributed by atoms with E-state index in [9.17, 15) is 43.2 Å². The summed E-state index contributed by atoms with van der Waals surface area (Å²) in [6.45, 7) is 4.99. The molecule has 0 saturated carbocycles. The minimum absolute atomic E-state index is 0.108. The van der Waals surface area contributed by atoms with E-state index in [-0.39, 0.29) is 25.7 Å². The third-order valence-corrected chi connectivity index (χ3v) is 20.8. The molecule has 0 rings (SSSR count). The van der Waals surface area contributed by atoms with Gasteiger partial charge in [0.15, 0.2) is 12.2 Å². The Labute approximate surface area is 607 Å². The molecular formula is C80H156O17P2. The second-order valence-corrected chi connectivity index (χ2v) is 31.7. The summed E-state index contributed by atoms with van der Waals surface area (Å²) in [5.41, 5.74) is 0. The molecule has 0 bridgehead atoms. The van der Waals surface area contributed by atoms with Crippen molar-refractivity contribution in [2.75, 3.05) is 39.6 Å². The van der Waals surface area contributed by atoms with Crippen molar-refractivity contribution in [1.29, 1.82) is 0 Å². The lowest BCUT2D eigenvalue weighted by Gasteiger charge is -2.21. The van der Waals surface area contributed by atoms with E-state index in [1.807, 2.05) is 0 Å². The first-order valence-electron chi connectivity index (χ1n) is 41.8. The number of carbonyl (C=O) groups is 4. The van der Waals surface area contributed by atoms with Crippen LogP contribution >= 0.6 is 15.6 Å². The van der Waals surface area contributed by atoms with E-state index in [1.165, 1.54) is 263 Å². The minimum Gasteiger partial charge on any atom is -0.462 e. The molecule has 3 N–H and O–H groups in total. The van der Waals surface area contributed by atoms with E-state index >= 15 is 0 Å². The van der Waals surface area contributed by atoms with Gasteiger partial charge in [-0.25, -0.2) is 9.13 Å². The normalized spacial score (nSPS) is 13.8. The molecule has 5 atom stereocenters. The van der Waals surface area contributed by atoms with Crippen LogP contribution in [0.15, 0.2) is 0 Å². The highest BCUT2D eigenvalue weighted by Crippen LogP contribution is 2.45. The number of hydrogen-bond acceptors (Lipinski definition) is 15. The van der Waals surface area contributed by atoms with Crippen LogP contribution < -0.4 is 0 Å². The Morgan fingerprint density at radius 2 is 0.404 bits per heavy atom. The van der Waals surface area contributed by atoms with Gasteiger partial charge in [-0.1, -0.05) is 381 Å². The third-order valence-electron chi connectivity index (χ3n) is 18.9. The molecule has 0 aliphatic carbocycles. The Kier molecular flexibility index (Phi) is 72.9. The first kappa shape index (κ1) is 97.1. The number of unbranched alkanes of at least 4 members (excludes halogenated alkanes) is 55. The molecule has 17 nitrogen and oxygen atoms in total. The third kappa shape index (κ3) is 74.1. The van der Waals surface area contributed by atoms with Crippen molar-refractivity contribution in [2.24, 2.45) is 0 Å². The lowest BCUT2D eigenvalue weighted by Crippen LogP contribution is -2.30. The maximum absolute atomic E-state index is 13.1. The zero-order valence-corrected chi connectivity index (χ0v) is 66.3. The van der Waals surface area contributed by atoms with Gasteiger partial charge in [-0.05, 0) is 25.7 Å². The summed E-state index contributed by atoms with van der Waals surface area (Å²) in [5, 5.41) is 10.6. The van der Waals surface area contributed by atoms with Crippen LogP contribution in [0, 0.1) is 0 Å². The Hall–Kier alpha value is -1.94. The van der Waals surface area contributed by atoms with Gasteiger partial charge < -0.3 is 33.8 Å². The van der Waals surface area contributed by atoms with Gasteiger partial charge in [-0.2, -0.15) is 0 Å². The molecule has 0 aromatic rings. The highest BCUT2D eigenvalue weighted by atomic mass is 31.2. The second-order valence-electron chi connectivity index (χ2n) is 28.8. The monoisotopic (exact) mass is 1450 g/mol. The molecule has 0 spiro atoms. The molecule has 99 heavy (non-hydrogen) atoms. The highest BCUT2D eigenvalue weighted by molar-refractivity contribution is 7.47. The predicted octanol–water partition coefficient (Wildman–Crippen LogP) is 24.2. The second kappa shape index (κ2) is 74.3. The number of phosphoric ester groups is 2. The fourth-order valence-electron chi connectivity index (χ4n) is 12.5. The number of hydrogen-bond donors (Lipinski definition) is 3. The molecule has 19 heteroatoms. The van der Waals surface area contributed by atoms with Crippen molar-refractivity contribution in [2.45, 2.75) is 451 Å². The van der Waals surface area contributed by atoms with E-state index in [2.05, 4.69) is 27.7 Å². The topological polar surface area (TPSA) is 237 Å². The summed E-state index contributed by atoms with van der Waals surface area (Å²) in [7, 11) is -9.91. The highest BCUT2D eigenvalue weighted by Gasteiger charge is 2.30. The van der Waals surface area contributed by atoms with Crippen molar-refractivity contribution in [3.63, 3.8) is 0 Å². The quantitative estimate of drug-likeness (QED) is 0.0222. The summed E-state index contributed by atoms with van der Waals surface area (Å²) < 4.78 is 68.6. The first-order chi connectivity index (χ1) is 48.2. The Morgan fingerprint density at radius 3 is 0.596 bits per heavy atom. The molecule has 0 amide bonds. The summed E-state index contributed by atoms with van der Waals surface area (Å²) in [6, 6.07) is 0. The zero-order valence-electron chi connectivity index (χ0n) is 64.5. The number of aliphatic hydroxyl groups is 1. The van der Waals surface area contributed by atoms with E-state index < -0.39 is 97.5 Å². The van der Waals surface area contributed by atoms with Crippen LogP contribution in [-0.4, -0.2) is 96.7 Å². The number of carbonyl (C=O) groups excluding carboxylic acids is 4. The number of rotatable bonds is 81. The van der Waals surface area contributed by atoms with Crippen molar-refractivity contribution < 1.29 is 80.2 Å². The van der Waals surface area contributed by atoms with Gasteiger partial charge in [0, 0.05) is 25.7 Å². The maximum atomic E-state index is 13.1. The maximum Gasteiger partial charge on any atom is 0.472 e. The zero-order chi connectivity index (χ0) is 72.5. The van der Waals surface area contributed by atoms with E-state index in [1.54, 1.807) is 0 Å². The fraction of sp³-hybridized carbons (Fsp3) is 0.950. The molecule has 0 fully saturated rings. The number of ether oxygens (including phenoxy) is 4. The molecule has 0 aromatic heterocycles. The average molecular weight is 1450 g/mol. The lowest BCUT2D eigenvalue weighted by atomic mass is 10.0. The average Bonchev–Trinajstić information content (AvgIpc) is 1.04. The standard InChI is InChI=1S/C80H156O17P2/c1-5-9-13-17-21-25-28-31-34-35-36-37-38-39-40-42-45-48-51-55-59-63-67-80(85)97-76(71-91-78(83)65-61-57-53-49-46-44-41-32-29-26-22-18-14-10-6-2)73-95-99(88,89)93-69-74(81)68-92-98(86,87)94-72-75(70-90-77(82)64-60-56-52-24-20-16-12-8-4)96-79(84)66-62-58-54-50-47-43-33-30-27-23-19-15-11-7-3/h74-76,81H,5-73H2,1-4H3,(H,86,87)(H,88,89)/t74-,75+,76+/m0/s1. The van der Waals surface area contributed by atoms with Crippen LogP contribution in [0.1, 0.15) is 432 Å². The van der Waals surface area contributed by atoms with Crippen molar-refractivity contribution in [3.05, 3.63) is 0 Å². The van der Waals surface area contributed by atoms with Gasteiger partial charge >= 0.3 is 39.5 Å². The van der Waals surface area contributed by atoms with Gasteiger partial charge in [0.05, 0.1) is 26.4 Å². The van der Waals surface area contributed by atoms with E-state index in [4.69, 9.17) is 37.0 Å². The lowest BCUT2D eigenvalue weighted by molar-refractivity contribution is -0.161. The van der Waals surface area contributed by atoms with Crippen LogP contribution in [0.5, 0.6) is 0 Å². The summed E-state index contributed by atoms with van der Waals surface area (Å²) >= 11 is 0. The van der Waals surface area contributed by atoms with Gasteiger partial charge in [-0.15, -0.1) is 0 Å². The van der Waals surface area contributed by atoms with E-state index in [0.29, 0.717) is 25.7 Å². The van der Waals surface area contributed by atoms with Crippen molar-refractivity contribution >= 4 is 39.5 Å². The van der Waals surface area contributed by atoms with Crippen LogP contribution in [0.3, 0.4) is 0 Å². The first-order valence-corrected chi connectivity index (χ1v) is 44.8. The molecule has 588 valence electrons. The molecule has 2 unspecified atom stereocenters. The van der Waals surface area contributed by atoms with Crippen molar-refractivity contribution in [3.8, 4) is 0 Å². The smallest absolute Gasteiger partial charge is 0.462 e. The minimum atomic E-state index is -4.96. The SMILES string of the molecule is CCCCCCCCCCCCCCCCCCCCCCCCC(=O)O[C@H](COC(=O)CCCCCCCCCCCCCCCCC)COP(=O)(O)OC[C@@H](O)COP(=O)(O)OC[C@@H](COC(=O)CCCCCCCCCC)OC(=O)CCCCCCCCCCCCCCCC. The van der Waals surface area contributed by atoms with Gasteiger partial charge in [-0.3, -0.25) is 37.3 Å². The summed E-state index contributed by atoms with van der Waals surface area (Å²) in [6.07, 6.45) is 66.7. The van der Waals surface area contributed by atoms with Crippen LogP contribution in [-0.2, 0) is 65.4 Å². The van der Waals surface area contributed by atoms with Crippen LogP contribution in [0.2, 0.25) is 0 Å². The van der Waals surface area contributed by atoms with Crippen LogP contribution in [0.4, 0.5) is 0 Å². The van der Waals surface area contributed by atoms with Gasteiger partial charge in [0.1, 0.15) is 19.3 Å². The molecule has 0 radical (unpaired) electrons. The van der Waals surface area contributed by atoms with E-state index in [0.717, 1.165) is 89.9 Å². The van der Waals surface area contributed by atoms with Gasteiger partial charge in [0.2, 0.25) is 0 Å². The number of phosphoric acid groups is 2. The molecule has 0 aliphatic rings. The largest absolute Gasteiger partial charge is 0.472 e. The molecule has 0 aliphatic heterocycles. The number of aliphatic hydroxyl groups excluding tert-OH is 1. The van der Waals surface area contributed by atoms with Crippen LogP contribution in [0.25, 0.3) is 0 Å². The fourth-order valence-corrected chi connectivity index (χ4v) is 14.0. The molecule has 0 heterocycles. The van der Waals surface area contributed by atoms with Gasteiger partial charge in [0.25, 0.3) is 0 Å². The Morgan fingerprint density at radius 1 is 0.242 bits per heavy atom. The Bertz CT molecular complexity index is 1880. The molecular weight excluding hydrogens is 1290 g/mol. The predicted molar refractivity (Wildman–Crippen MR) is 405 cm³/mol. The summed E-state index contributed by atoms with van der Waals surface area (Å²) in [4.78, 5) is 72.9. The molecule has 0 aromatic carbocycles. The Balaban J connectivity index is 5.17. The summed E-state index contributed by atoms with van der Waals surface area (Å²) in [5.74, 6) is -2.11. The number of esters is 4. The van der Waals surface area contributed by atoms with Crippen molar-refractivity contribution in [1.82, 2.24) is 0 Å².